The fourth-order valence-corrected chi connectivity index (χ4v) is 3.28. The van der Waals surface area contributed by atoms with Crippen LogP contribution in [0.25, 0.3) is 0 Å². The van der Waals surface area contributed by atoms with Crippen molar-refractivity contribution >= 4 is 7.82 Å². The van der Waals surface area contributed by atoms with Crippen LogP contribution in [0.4, 0.5) is 13.2 Å². The smallest absolute Gasteiger partial charge is 0.469 e. The first-order chi connectivity index (χ1) is 15.3. The van der Waals surface area contributed by atoms with E-state index in [9.17, 15) is 22.8 Å². The third kappa shape index (κ3) is 9.18. The summed E-state index contributed by atoms with van der Waals surface area (Å²) in [7, 11) is -4.81. The van der Waals surface area contributed by atoms with Crippen LogP contribution in [0.5, 0.6) is 5.75 Å². The molecule has 0 aromatic heterocycles. The van der Waals surface area contributed by atoms with Crippen LogP contribution in [-0.4, -0.2) is 40.3 Å². The minimum Gasteiger partial charge on any atom is -0.480 e. The van der Waals surface area contributed by atoms with Gasteiger partial charge >= 0.3 is 14.0 Å². The highest BCUT2D eigenvalue weighted by molar-refractivity contribution is 7.46. The largest absolute Gasteiger partial charge is 0.480 e. The molecular formula is C22H25F3NO6P. The van der Waals surface area contributed by atoms with E-state index in [2.05, 4.69) is 16.4 Å². The molecule has 2 aromatic carbocycles. The van der Waals surface area contributed by atoms with Gasteiger partial charge in [0.15, 0.2) is 0 Å². The monoisotopic (exact) mass is 487 g/mol. The SMILES string of the molecule is Cc1cccc(C#CCOc2ccc(CCC(N)(CO)COP(=O)(O)O)cc2C(F)(F)F)c1. The molecule has 0 bridgehead atoms. The molecular weight excluding hydrogens is 462 g/mol. The molecule has 2 rings (SSSR count). The van der Waals surface area contributed by atoms with Crippen LogP contribution in [0.1, 0.15) is 28.7 Å². The lowest BCUT2D eigenvalue weighted by atomic mass is 9.93. The second-order valence-corrected chi connectivity index (χ2v) is 8.81. The molecule has 11 heteroatoms. The predicted octanol–water partition coefficient (Wildman–Crippen LogP) is 3.18. The standard InChI is InChI=1S/C22H25F3NO6P/c1-16-4-2-5-17(12-16)6-3-11-31-20-8-7-18(13-19(20)22(23,24)25)9-10-21(26,14-27)15-32-33(28,29)30/h2,4-5,7-8,12-13,27H,9-11,14-15,26H2,1H3,(H2,28,29,30). The van der Waals surface area contributed by atoms with Gasteiger partial charge in [0, 0.05) is 5.56 Å². The Bertz CT molecular complexity index is 1060. The number of ether oxygens (including phenoxy) is 1. The normalized spacial score (nSPS) is 13.7. The third-order valence-corrected chi connectivity index (χ3v) is 5.11. The van der Waals surface area contributed by atoms with Crippen molar-refractivity contribution in [3.05, 3.63) is 64.7 Å². The first-order valence-corrected chi connectivity index (χ1v) is 11.3. The van der Waals surface area contributed by atoms with Gasteiger partial charge in [0.05, 0.1) is 24.3 Å². The molecule has 0 amide bonds. The number of phosphoric ester groups is 1. The van der Waals surface area contributed by atoms with Crippen LogP contribution >= 0.6 is 7.82 Å². The first kappa shape index (κ1) is 26.9. The summed E-state index contributed by atoms with van der Waals surface area (Å²) >= 11 is 0. The molecule has 0 aliphatic carbocycles. The van der Waals surface area contributed by atoms with Crippen molar-refractivity contribution in [2.75, 3.05) is 19.8 Å². The van der Waals surface area contributed by atoms with Crippen molar-refractivity contribution in [2.45, 2.75) is 31.5 Å². The molecule has 0 aliphatic heterocycles. The fraction of sp³-hybridized carbons (Fsp3) is 0.364. The van der Waals surface area contributed by atoms with E-state index in [0.29, 0.717) is 0 Å². The van der Waals surface area contributed by atoms with Gasteiger partial charge in [0.2, 0.25) is 0 Å². The quantitative estimate of drug-likeness (QED) is 0.317. The maximum absolute atomic E-state index is 13.6. The molecule has 0 fully saturated rings. The van der Waals surface area contributed by atoms with E-state index in [-0.39, 0.29) is 30.8 Å². The van der Waals surface area contributed by atoms with E-state index in [1.54, 1.807) is 6.07 Å². The van der Waals surface area contributed by atoms with Crippen molar-refractivity contribution in [3.8, 4) is 17.6 Å². The number of alkyl halides is 3. The maximum atomic E-state index is 13.6. The summed E-state index contributed by atoms with van der Waals surface area (Å²) in [6, 6.07) is 10.9. The zero-order valence-electron chi connectivity index (χ0n) is 17.8. The minimum absolute atomic E-state index is 0.00188. The van der Waals surface area contributed by atoms with E-state index in [4.69, 9.17) is 20.3 Å². The summed E-state index contributed by atoms with van der Waals surface area (Å²) < 4.78 is 61.1. The van der Waals surface area contributed by atoms with Crippen molar-refractivity contribution < 1.29 is 41.9 Å². The average Bonchev–Trinajstić information content (AvgIpc) is 2.73. The molecule has 0 heterocycles. The molecule has 0 saturated heterocycles. The van der Waals surface area contributed by atoms with Crippen LogP contribution in [0.2, 0.25) is 0 Å². The maximum Gasteiger partial charge on any atom is 0.469 e. The lowest BCUT2D eigenvalue weighted by Crippen LogP contribution is -2.48. The van der Waals surface area contributed by atoms with Crippen molar-refractivity contribution in [2.24, 2.45) is 5.73 Å². The summed E-state index contributed by atoms with van der Waals surface area (Å²) in [5, 5.41) is 9.44. The Kier molecular flexibility index (Phi) is 9.09. The van der Waals surface area contributed by atoms with Gasteiger partial charge in [-0.1, -0.05) is 30.0 Å². The minimum atomic E-state index is -4.81. The molecule has 180 valence electrons. The summed E-state index contributed by atoms with van der Waals surface area (Å²) in [5.41, 5.74) is 5.31. The zero-order valence-corrected chi connectivity index (χ0v) is 18.7. The number of aliphatic hydroxyl groups is 1. The summed E-state index contributed by atoms with van der Waals surface area (Å²) in [6.45, 7) is 0.311. The van der Waals surface area contributed by atoms with E-state index < -0.39 is 38.3 Å². The summed E-state index contributed by atoms with van der Waals surface area (Å²) in [5.74, 6) is 5.14. The number of hydrogen-bond donors (Lipinski definition) is 4. The topological polar surface area (TPSA) is 122 Å². The number of nitrogens with two attached hydrogens (primary N) is 1. The second kappa shape index (κ2) is 11.2. The summed E-state index contributed by atoms with van der Waals surface area (Å²) in [4.78, 5) is 17.6. The highest BCUT2D eigenvalue weighted by atomic mass is 31.2. The van der Waals surface area contributed by atoms with E-state index in [0.717, 1.165) is 17.2 Å². The van der Waals surface area contributed by atoms with Gasteiger partial charge in [-0.25, -0.2) is 4.57 Å². The number of hydrogen-bond acceptors (Lipinski definition) is 5. The highest BCUT2D eigenvalue weighted by Crippen LogP contribution is 2.38. The lowest BCUT2D eigenvalue weighted by molar-refractivity contribution is -0.138. The van der Waals surface area contributed by atoms with Gasteiger partial charge < -0.3 is 25.4 Å². The van der Waals surface area contributed by atoms with Crippen LogP contribution in [-0.2, 0) is 21.7 Å². The molecule has 0 aliphatic rings. The van der Waals surface area contributed by atoms with E-state index in [1.807, 2.05) is 25.1 Å². The number of rotatable bonds is 9. The number of aliphatic hydroxyl groups excluding tert-OH is 1. The van der Waals surface area contributed by atoms with Gasteiger partial charge in [-0.2, -0.15) is 13.2 Å². The molecule has 0 saturated carbocycles. The number of phosphoric acid groups is 1. The Morgan fingerprint density at radius 3 is 2.48 bits per heavy atom. The van der Waals surface area contributed by atoms with Crippen molar-refractivity contribution in [1.82, 2.24) is 0 Å². The zero-order chi connectivity index (χ0) is 24.7. The van der Waals surface area contributed by atoms with Gasteiger partial charge in [0.25, 0.3) is 0 Å². The van der Waals surface area contributed by atoms with Crippen molar-refractivity contribution in [1.29, 1.82) is 0 Å². The number of aryl methyl sites for hydroxylation is 2. The first-order valence-electron chi connectivity index (χ1n) is 9.80. The Hall–Kier alpha value is -2.38. The molecule has 5 N–H and O–H groups in total. The number of benzene rings is 2. The lowest BCUT2D eigenvalue weighted by Gasteiger charge is -2.27. The fourth-order valence-electron chi connectivity index (χ4n) is 2.86. The van der Waals surface area contributed by atoms with Crippen LogP contribution in [0, 0.1) is 18.8 Å². The van der Waals surface area contributed by atoms with Gasteiger partial charge in [-0.3, -0.25) is 4.52 Å². The molecule has 1 atom stereocenters. The Balaban J connectivity index is 2.10. The molecule has 2 aromatic rings. The Labute approximate surface area is 189 Å². The number of halogens is 3. The molecule has 33 heavy (non-hydrogen) atoms. The second-order valence-electron chi connectivity index (χ2n) is 7.57. The predicted molar refractivity (Wildman–Crippen MR) is 115 cm³/mol. The van der Waals surface area contributed by atoms with E-state index in [1.165, 1.54) is 12.1 Å². The molecule has 7 nitrogen and oxygen atoms in total. The van der Waals surface area contributed by atoms with Gasteiger partial charge in [0.1, 0.15) is 12.4 Å². The van der Waals surface area contributed by atoms with Crippen LogP contribution < -0.4 is 10.5 Å². The van der Waals surface area contributed by atoms with Crippen molar-refractivity contribution in [3.63, 3.8) is 0 Å². The average molecular weight is 487 g/mol. The molecule has 0 spiro atoms. The Morgan fingerprint density at radius 1 is 1.15 bits per heavy atom. The molecule has 0 radical (unpaired) electrons. The van der Waals surface area contributed by atoms with Crippen LogP contribution in [0.3, 0.4) is 0 Å². The van der Waals surface area contributed by atoms with Gasteiger partial charge in [-0.05, 0) is 55.2 Å². The third-order valence-electron chi connectivity index (χ3n) is 4.65. The molecule has 1 unspecified atom stereocenters. The van der Waals surface area contributed by atoms with Crippen LogP contribution in [0.15, 0.2) is 42.5 Å². The summed E-state index contributed by atoms with van der Waals surface area (Å²) in [6.07, 6.45) is -4.77. The van der Waals surface area contributed by atoms with Gasteiger partial charge in [-0.15, -0.1) is 0 Å². The Morgan fingerprint density at radius 2 is 1.88 bits per heavy atom. The highest BCUT2D eigenvalue weighted by Gasteiger charge is 2.35. The van der Waals surface area contributed by atoms with E-state index >= 15 is 0 Å².